The molecule has 2 amide bonds. The molecule has 0 aromatic rings. The van der Waals surface area contributed by atoms with Crippen LogP contribution in [0.25, 0.3) is 0 Å². The van der Waals surface area contributed by atoms with Crippen LogP contribution in [0, 0.1) is 0 Å². The molecule has 3 N–H and O–H groups in total. The molecule has 0 radical (unpaired) electrons. The highest BCUT2D eigenvalue weighted by Gasteiger charge is 2.38. The molecular formula is C13H27N3O. The molecule has 0 aliphatic carbocycles. The van der Waals surface area contributed by atoms with Crippen molar-refractivity contribution in [1.82, 2.24) is 16.0 Å². The maximum absolute atomic E-state index is 11.7. The van der Waals surface area contributed by atoms with Crippen LogP contribution in [0.15, 0.2) is 0 Å². The maximum Gasteiger partial charge on any atom is 0.315 e. The Balaban J connectivity index is 2.56. The number of carbonyl (C=O) groups excluding carboxylic acids is 1. The number of hydrogen-bond donors (Lipinski definition) is 3. The molecule has 1 aliphatic heterocycles. The third-order valence-electron chi connectivity index (χ3n) is 2.95. The summed E-state index contributed by atoms with van der Waals surface area (Å²) in [7, 11) is 0. The van der Waals surface area contributed by atoms with Gasteiger partial charge in [0.1, 0.15) is 0 Å². The molecule has 1 fully saturated rings. The van der Waals surface area contributed by atoms with E-state index >= 15 is 0 Å². The molecule has 4 heteroatoms. The Labute approximate surface area is 105 Å². The predicted octanol–water partition coefficient (Wildman–Crippen LogP) is 2.00. The van der Waals surface area contributed by atoms with Crippen LogP contribution in [0.3, 0.4) is 0 Å². The highest BCUT2D eigenvalue weighted by Crippen LogP contribution is 2.28. The third-order valence-corrected chi connectivity index (χ3v) is 2.95. The summed E-state index contributed by atoms with van der Waals surface area (Å²) in [5, 5.41) is 9.55. The van der Waals surface area contributed by atoms with Crippen LogP contribution >= 0.6 is 0 Å². The first kappa shape index (κ1) is 14.3. The Morgan fingerprint density at radius 3 is 2.06 bits per heavy atom. The zero-order valence-electron chi connectivity index (χ0n) is 12.0. The van der Waals surface area contributed by atoms with Crippen molar-refractivity contribution in [3.8, 4) is 0 Å². The van der Waals surface area contributed by atoms with Gasteiger partial charge in [-0.1, -0.05) is 0 Å². The number of carbonyl (C=O) groups is 1. The van der Waals surface area contributed by atoms with Crippen molar-refractivity contribution < 1.29 is 4.79 Å². The van der Waals surface area contributed by atoms with Gasteiger partial charge in [0.2, 0.25) is 0 Å². The minimum Gasteiger partial charge on any atom is -0.336 e. The lowest BCUT2D eigenvalue weighted by atomic mass is 9.80. The van der Waals surface area contributed by atoms with Gasteiger partial charge in [-0.3, -0.25) is 0 Å². The number of nitrogens with one attached hydrogen (secondary N) is 3. The topological polar surface area (TPSA) is 53.2 Å². The minimum atomic E-state index is -0.0569. The third kappa shape index (κ3) is 4.94. The number of piperidine rings is 1. The number of urea groups is 1. The zero-order chi connectivity index (χ0) is 13.3. The number of amides is 2. The lowest BCUT2D eigenvalue weighted by molar-refractivity contribution is 0.147. The summed E-state index contributed by atoms with van der Waals surface area (Å²) in [6, 6.07) is 0.358. The molecule has 0 aromatic carbocycles. The maximum atomic E-state index is 11.7. The van der Waals surface area contributed by atoms with E-state index in [4.69, 9.17) is 0 Å². The first-order valence-electron chi connectivity index (χ1n) is 6.46. The highest BCUT2D eigenvalue weighted by molar-refractivity contribution is 5.74. The van der Waals surface area contributed by atoms with Crippen LogP contribution in [0.5, 0.6) is 0 Å². The van der Waals surface area contributed by atoms with E-state index in [-0.39, 0.29) is 29.2 Å². The molecule has 1 rings (SSSR count). The summed E-state index contributed by atoms with van der Waals surface area (Å²) < 4.78 is 0. The second-order valence-electron chi connectivity index (χ2n) is 6.77. The van der Waals surface area contributed by atoms with E-state index in [1.807, 2.05) is 13.8 Å². The Morgan fingerprint density at radius 1 is 1.18 bits per heavy atom. The van der Waals surface area contributed by atoms with Gasteiger partial charge < -0.3 is 16.0 Å². The first-order valence-corrected chi connectivity index (χ1v) is 6.46. The summed E-state index contributed by atoms with van der Waals surface area (Å²) in [5.41, 5.74) is 0.134. The van der Waals surface area contributed by atoms with Gasteiger partial charge in [-0.25, -0.2) is 4.79 Å². The summed E-state index contributed by atoms with van der Waals surface area (Å²) in [6.07, 6.45) is 1.92. The Hall–Kier alpha value is -0.770. The van der Waals surface area contributed by atoms with Crippen molar-refractivity contribution in [3.05, 3.63) is 0 Å². The van der Waals surface area contributed by atoms with E-state index in [2.05, 4.69) is 43.6 Å². The van der Waals surface area contributed by atoms with E-state index in [0.29, 0.717) is 0 Å². The molecule has 0 aromatic heterocycles. The zero-order valence-corrected chi connectivity index (χ0v) is 12.0. The molecule has 100 valence electrons. The van der Waals surface area contributed by atoms with Crippen LogP contribution in [0.1, 0.15) is 54.4 Å². The smallest absolute Gasteiger partial charge is 0.315 e. The van der Waals surface area contributed by atoms with Crippen LogP contribution < -0.4 is 16.0 Å². The van der Waals surface area contributed by atoms with Gasteiger partial charge in [0.15, 0.2) is 0 Å². The van der Waals surface area contributed by atoms with Gasteiger partial charge in [0.05, 0.1) is 0 Å². The van der Waals surface area contributed by atoms with Crippen LogP contribution in [-0.2, 0) is 0 Å². The van der Waals surface area contributed by atoms with Crippen LogP contribution in [0.4, 0.5) is 4.79 Å². The fraction of sp³-hybridized carbons (Fsp3) is 0.923. The van der Waals surface area contributed by atoms with Crippen molar-refractivity contribution in [1.29, 1.82) is 0 Å². The molecule has 17 heavy (non-hydrogen) atoms. The fourth-order valence-corrected chi connectivity index (χ4v) is 2.91. The summed E-state index contributed by atoms with van der Waals surface area (Å²) >= 11 is 0. The van der Waals surface area contributed by atoms with E-state index in [1.165, 1.54) is 0 Å². The summed E-state index contributed by atoms with van der Waals surface area (Å²) in [5.74, 6) is 0. The molecule has 0 saturated carbocycles. The lowest BCUT2D eigenvalue weighted by Crippen LogP contribution is -2.63. The summed E-state index contributed by atoms with van der Waals surface area (Å²) in [6.45, 7) is 12.7. The minimum absolute atomic E-state index is 0.0569. The monoisotopic (exact) mass is 241 g/mol. The molecule has 0 atom stereocenters. The second-order valence-corrected chi connectivity index (χ2v) is 6.77. The molecule has 0 unspecified atom stereocenters. The van der Waals surface area contributed by atoms with E-state index in [0.717, 1.165) is 12.8 Å². The van der Waals surface area contributed by atoms with Gasteiger partial charge >= 0.3 is 6.03 Å². The Kier molecular flexibility index (Phi) is 4.07. The van der Waals surface area contributed by atoms with Gasteiger partial charge in [0, 0.05) is 23.2 Å². The average Bonchev–Trinajstić information content (AvgIpc) is 1.93. The number of rotatable bonds is 2. The van der Waals surface area contributed by atoms with Gasteiger partial charge in [-0.2, -0.15) is 0 Å². The van der Waals surface area contributed by atoms with Crippen molar-refractivity contribution in [2.45, 2.75) is 77.5 Å². The van der Waals surface area contributed by atoms with Gasteiger partial charge in [-0.05, 0) is 54.4 Å². The predicted molar refractivity (Wildman–Crippen MR) is 71.1 cm³/mol. The van der Waals surface area contributed by atoms with Gasteiger partial charge in [-0.15, -0.1) is 0 Å². The fourth-order valence-electron chi connectivity index (χ4n) is 2.91. The second kappa shape index (κ2) is 4.84. The first-order chi connectivity index (χ1) is 7.60. The number of hydrogen-bond acceptors (Lipinski definition) is 2. The Bertz CT molecular complexity index is 268. The molecule has 1 saturated heterocycles. The van der Waals surface area contributed by atoms with Crippen LogP contribution in [0.2, 0.25) is 0 Å². The van der Waals surface area contributed by atoms with Gasteiger partial charge in [0.25, 0.3) is 0 Å². The van der Waals surface area contributed by atoms with E-state index < -0.39 is 0 Å². The van der Waals surface area contributed by atoms with Crippen LogP contribution in [-0.4, -0.2) is 29.2 Å². The Morgan fingerprint density at radius 2 is 1.65 bits per heavy atom. The van der Waals surface area contributed by atoms with E-state index in [1.54, 1.807) is 0 Å². The van der Waals surface area contributed by atoms with E-state index in [9.17, 15) is 4.79 Å². The molecule has 1 heterocycles. The molecular weight excluding hydrogens is 214 g/mol. The van der Waals surface area contributed by atoms with Crippen molar-refractivity contribution >= 4 is 6.03 Å². The summed E-state index contributed by atoms with van der Waals surface area (Å²) in [4.78, 5) is 11.7. The SMILES string of the molecule is CC(C)NC(=O)NC1CC(C)(C)NC(C)(C)C1. The molecule has 1 aliphatic rings. The standard InChI is InChI=1S/C13H27N3O/c1-9(2)14-11(17)15-10-7-12(3,4)16-13(5,6)8-10/h9-10,16H,7-8H2,1-6H3,(H2,14,15,17). The highest BCUT2D eigenvalue weighted by atomic mass is 16.2. The molecule has 0 spiro atoms. The molecule has 0 bridgehead atoms. The normalized spacial score (nSPS) is 23.5. The molecule has 4 nitrogen and oxygen atoms in total. The average molecular weight is 241 g/mol. The van der Waals surface area contributed by atoms with Crippen molar-refractivity contribution in [2.24, 2.45) is 0 Å². The quantitative estimate of drug-likeness (QED) is 0.692. The lowest BCUT2D eigenvalue weighted by Gasteiger charge is -2.46. The van der Waals surface area contributed by atoms with Crippen molar-refractivity contribution in [2.75, 3.05) is 0 Å². The van der Waals surface area contributed by atoms with Crippen molar-refractivity contribution in [3.63, 3.8) is 0 Å². The largest absolute Gasteiger partial charge is 0.336 e.